The first kappa shape index (κ1) is 37.0. The molecule has 4 aromatic heterocycles. The summed E-state index contributed by atoms with van der Waals surface area (Å²) in [7, 11) is 0. The van der Waals surface area contributed by atoms with Crippen LogP contribution in [0.5, 0.6) is 0 Å². The van der Waals surface area contributed by atoms with Crippen LogP contribution in [0.3, 0.4) is 0 Å². The van der Waals surface area contributed by atoms with Crippen molar-refractivity contribution >= 4 is 11.8 Å². The number of aliphatic hydroxyl groups is 6. The summed E-state index contributed by atoms with van der Waals surface area (Å²) in [5, 5.41) is 55.7. The molecule has 268 valence electrons. The van der Waals surface area contributed by atoms with Gasteiger partial charge in [0, 0.05) is 55.8 Å². The van der Waals surface area contributed by atoms with Gasteiger partial charge in [-0.3, -0.25) is 9.97 Å². The van der Waals surface area contributed by atoms with Crippen LogP contribution in [-0.2, 0) is 14.2 Å². The lowest BCUT2D eigenvalue weighted by molar-refractivity contribution is -0.0227. The second kappa shape index (κ2) is 17.6. The predicted molar refractivity (Wildman–Crippen MR) is 179 cm³/mol. The van der Waals surface area contributed by atoms with Gasteiger partial charge in [0.05, 0.1) is 67.8 Å². The van der Waals surface area contributed by atoms with Gasteiger partial charge in [-0.25, -0.2) is 15.0 Å². The zero-order chi connectivity index (χ0) is 35.6. The Labute approximate surface area is 288 Å². The zero-order valence-corrected chi connectivity index (χ0v) is 27.2. The lowest BCUT2D eigenvalue weighted by atomic mass is 10.1. The molecule has 3 aliphatic heterocycles. The Morgan fingerprint density at radius 2 is 1.00 bits per heavy atom. The zero-order valence-electron chi connectivity index (χ0n) is 27.2. The minimum absolute atomic E-state index is 0.167. The van der Waals surface area contributed by atoms with Crippen LogP contribution < -0.4 is 11.5 Å². The van der Waals surface area contributed by atoms with Gasteiger partial charge in [0.1, 0.15) is 24.1 Å². The number of aromatic nitrogens is 5. The van der Waals surface area contributed by atoms with Crippen molar-refractivity contribution in [2.45, 2.75) is 74.2 Å². The van der Waals surface area contributed by atoms with Gasteiger partial charge < -0.3 is 56.3 Å². The molecule has 50 heavy (non-hydrogen) atoms. The average molecular weight is 694 g/mol. The summed E-state index contributed by atoms with van der Waals surface area (Å²) in [6.07, 6.45) is 5.56. The van der Waals surface area contributed by atoms with Crippen molar-refractivity contribution in [1.82, 2.24) is 24.9 Å². The molecule has 0 aliphatic carbocycles. The van der Waals surface area contributed by atoms with E-state index in [1.54, 1.807) is 37.1 Å². The van der Waals surface area contributed by atoms with Gasteiger partial charge in [-0.15, -0.1) is 0 Å². The molecule has 4 aromatic rings. The molecular formula is C34H43N7O9. The lowest BCUT2D eigenvalue weighted by Gasteiger charge is -2.12. The summed E-state index contributed by atoms with van der Waals surface area (Å²) in [4.78, 5) is 20.3. The van der Waals surface area contributed by atoms with E-state index in [0.717, 1.165) is 28.1 Å². The highest BCUT2D eigenvalue weighted by atomic mass is 16.5. The van der Waals surface area contributed by atoms with E-state index in [2.05, 4.69) is 24.9 Å². The molecule has 0 radical (unpaired) electrons. The number of ether oxygens (including phenoxy) is 3. The van der Waals surface area contributed by atoms with Crippen molar-refractivity contribution in [3.63, 3.8) is 0 Å². The molecule has 3 fully saturated rings. The first-order chi connectivity index (χ1) is 24.2. The van der Waals surface area contributed by atoms with E-state index in [1.807, 2.05) is 36.4 Å². The molecular weight excluding hydrogens is 650 g/mol. The highest BCUT2D eigenvalue weighted by molar-refractivity contribution is 5.53. The van der Waals surface area contributed by atoms with E-state index < -0.39 is 36.6 Å². The van der Waals surface area contributed by atoms with Crippen LogP contribution in [0.25, 0.3) is 11.4 Å². The number of pyridine rings is 3. The van der Waals surface area contributed by atoms with Crippen molar-refractivity contribution in [2.75, 3.05) is 31.3 Å². The van der Waals surface area contributed by atoms with Crippen LogP contribution in [0.15, 0.2) is 73.4 Å². The largest absolute Gasteiger partial charge is 0.394 e. The second-order valence-corrected chi connectivity index (χ2v) is 12.0. The number of nitrogen functional groups attached to an aromatic ring is 2. The van der Waals surface area contributed by atoms with Crippen LogP contribution in [0.2, 0.25) is 0 Å². The van der Waals surface area contributed by atoms with Crippen molar-refractivity contribution in [3.05, 3.63) is 90.1 Å². The fourth-order valence-electron chi connectivity index (χ4n) is 5.71. The standard InChI is InChI=1S/C15H16N2O3.C10H14N2O3.C9H13N3O3/c18-9-15-13(19)7-14(20-15)10-4-5-12(17-8-10)11-3-1-2-6-16-11;11-10-2-1-6(4-12-10)8-3-7(14)9(5-13)15-8;10-9-11-2-5(3-12-9)7-1-6(14)8(4-13)15-7/h1-6,8,13-15,18-19H,7,9H2;1-2,4,7-9,13-14H,3,5H2,(H2,11,12);2-3,6-8,13-14H,1,4H2,(H2,10,11,12)/t13?,14-,15-;7?,8-,9-;6?,7-,8-/m111/s1. The van der Waals surface area contributed by atoms with E-state index in [4.69, 9.17) is 41.0 Å². The van der Waals surface area contributed by atoms with Crippen LogP contribution in [0.1, 0.15) is 54.3 Å². The topological polar surface area (TPSA) is 266 Å². The van der Waals surface area contributed by atoms with Crippen molar-refractivity contribution in [2.24, 2.45) is 0 Å². The summed E-state index contributed by atoms with van der Waals surface area (Å²) in [5.41, 5.74) is 15.0. The fraction of sp³-hybridized carbons (Fsp3) is 0.441. The Kier molecular flexibility index (Phi) is 13.1. The van der Waals surface area contributed by atoms with Crippen LogP contribution in [-0.4, -0.2) is 112 Å². The number of anilines is 2. The Bertz CT molecular complexity index is 1520. The molecule has 0 bridgehead atoms. The van der Waals surface area contributed by atoms with E-state index in [9.17, 15) is 15.3 Å². The maximum Gasteiger partial charge on any atom is 0.219 e. The molecule has 10 N–H and O–H groups in total. The lowest BCUT2D eigenvalue weighted by Crippen LogP contribution is -2.24. The summed E-state index contributed by atoms with van der Waals surface area (Å²) < 4.78 is 16.5. The molecule has 0 amide bonds. The molecule has 3 aliphatic rings. The molecule has 0 spiro atoms. The summed E-state index contributed by atoms with van der Waals surface area (Å²) >= 11 is 0. The number of nitrogens with two attached hydrogens (primary N) is 2. The third-order valence-corrected chi connectivity index (χ3v) is 8.54. The molecule has 16 nitrogen and oxygen atoms in total. The summed E-state index contributed by atoms with van der Waals surface area (Å²) in [6, 6.07) is 13.0. The van der Waals surface area contributed by atoms with Gasteiger partial charge in [0.25, 0.3) is 0 Å². The van der Waals surface area contributed by atoms with Crippen molar-refractivity contribution in [3.8, 4) is 11.4 Å². The van der Waals surface area contributed by atoms with E-state index in [1.165, 1.54) is 0 Å². The van der Waals surface area contributed by atoms with Gasteiger partial charge in [-0.05, 0) is 35.4 Å². The number of hydrogen-bond acceptors (Lipinski definition) is 16. The SMILES string of the molecule is Nc1ccc([C@H]2CC(O)[C@@H](CO)O2)cn1.Nc1ncc([C@H]2CC(O)[C@@H](CO)O2)cn1.OC[C@H]1O[C@@H](c2ccc(-c3ccccn3)nc2)CC1O. The van der Waals surface area contributed by atoms with Crippen LogP contribution in [0.4, 0.5) is 11.8 Å². The minimum Gasteiger partial charge on any atom is -0.394 e. The van der Waals surface area contributed by atoms with Crippen LogP contribution in [0, 0.1) is 0 Å². The fourth-order valence-corrected chi connectivity index (χ4v) is 5.71. The molecule has 3 unspecified atom stereocenters. The monoisotopic (exact) mass is 693 g/mol. The number of nitrogens with zero attached hydrogens (tertiary/aromatic N) is 5. The summed E-state index contributed by atoms with van der Waals surface area (Å²) in [6.45, 7) is -0.523. The van der Waals surface area contributed by atoms with Crippen LogP contribution >= 0.6 is 0 Å². The molecule has 7 heterocycles. The first-order valence-electron chi connectivity index (χ1n) is 16.2. The smallest absolute Gasteiger partial charge is 0.219 e. The second-order valence-electron chi connectivity index (χ2n) is 12.0. The van der Waals surface area contributed by atoms with E-state index in [-0.39, 0.29) is 44.1 Å². The van der Waals surface area contributed by atoms with E-state index >= 15 is 0 Å². The van der Waals surface area contributed by atoms with Gasteiger partial charge in [-0.1, -0.05) is 18.2 Å². The molecule has 16 heteroatoms. The highest BCUT2D eigenvalue weighted by Crippen LogP contribution is 2.34. The number of rotatable bonds is 7. The maximum absolute atomic E-state index is 9.74. The molecule has 3 saturated heterocycles. The molecule has 0 saturated carbocycles. The normalized spacial score (nSPS) is 28.7. The molecule has 7 rings (SSSR count). The van der Waals surface area contributed by atoms with Gasteiger partial charge in [-0.2, -0.15) is 0 Å². The number of hydrogen-bond donors (Lipinski definition) is 8. The first-order valence-corrected chi connectivity index (χ1v) is 16.2. The van der Waals surface area contributed by atoms with Crippen molar-refractivity contribution < 1.29 is 44.8 Å². The Balaban J connectivity index is 0.000000148. The molecule has 0 aromatic carbocycles. The Hall–Kier alpha value is -4.23. The highest BCUT2D eigenvalue weighted by Gasteiger charge is 2.36. The number of aliphatic hydroxyl groups excluding tert-OH is 6. The average Bonchev–Trinajstić information content (AvgIpc) is 3.85. The third-order valence-electron chi connectivity index (χ3n) is 8.54. The quantitative estimate of drug-likeness (QED) is 0.130. The third kappa shape index (κ3) is 9.51. The van der Waals surface area contributed by atoms with E-state index in [0.29, 0.717) is 25.1 Å². The van der Waals surface area contributed by atoms with Crippen molar-refractivity contribution in [1.29, 1.82) is 0 Å². The van der Waals surface area contributed by atoms with Gasteiger partial charge in [0.2, 0.25) is 5.95 Å². The Morgan fingerprint density at radius 3 is 1.40 bits per heavy atom. The summed E-state index contributed by atoms with van der Waals surface area (Å²) in [5.74, 6) is 0.659. The molecule has 9 atom stereocenters. The maximum atomic E-state index is 9.74. The van der Waals surface area contributed by atoms with Gasteiger partial charge in [0.15, 0.2) is 0 Å². The predicted octanol–water partition coefficient (Wildman–Crippen LogP) is 0.416. The minimum atomic E-state index is -0.641. The van der Waals surface area contributed by atoms with Gasteiger partial charge >= 0.3 is 0 Å². The Morgan fingerprint density at radius 1 is 0.540 bits per heavy atom.